The van der Waals surface area contributed by atoms with Crippen LogP contribution in [0.2, 0.25) is 5.02 Å². The molecule has 0 bridgehead atoms. The van der Waals surface area contributed by atoms with Gasteiger partial charge < -0.3 is 5.32 Å². The molecule has 1 aliphatic carbocycles. The van der Waals surface area contributed by atoms with E-state index in [1.807, 2.05) is 6.92 Å². The summed E-state index contributed by atoms with van der Waals surface area (Å²) in [6.07, 6.45) is 2.23. The maximum absolute atomic E-state index is 13.1. The molecule has 1 saturated heterocycles. The highest BCUT2D eigenvalue weighted by molar-refractivity contribution is 6.31. The molecule has 2 fully saturated rings. The minimum absolute atomic E-state index is 0.0767. The molecule has 23 heavy (non-hydrogen) atoms. The van der Waals surface area contributed by atoms with Gasteiger partial charge in [-0.05, 0) is 37.5 Å². The average molecular weight is 340 g/mol. The number of hydrogen-bond donors (Lipinski definition) is 1. The first-order valence-electron chi connectivity index (χ1n) is 8.23. The van der Waals surface area contributed by atoms with Gasteiger partial charge in [-0.15, -0.1) is 0 Å². The van der Waals surface area contributed by atoms with Gasteiger partial charge in [-0.3, -0.25) is 14.6 Å². The molecule has 0 radical (unpaired) electrons. The lowest BCUT2D eigenvalue weighted by molar-refractivity contribution is -0.126. The predicted molar refractivity (Wildman–Crippen MR) is 88.9 cm³/mol. The van der Waals surface area contributed by atoms with E-state index in [4.69, 9.17) is 11.6 Å². The number of amides is 1. The fourth-order valence-electron chi connectivity index (χ4n) is 2.91. The van der Waals surface area contributed by atoms with E-state index in [9.17, 15) is 9.18 Å². The quantitative estimate of drug-likeness (QED) is 0.894. The van der Waals surface area contributed by atoms with Crippen molar-refractivity contribution in [1.29, 1.82) is 0 Å². The van der Waals surface area contributed by atoms with E-state index >= 15 is 0 Å². The Morgan fingerprint density at radius 3 is 2.65 bits per heavy atom. The lowest BCUT2D eigenvalue weighted by Gasteiger charge is -2.37. The van der Waals surface area contributed by atoms with Gasteiger partial charge in [0.15, 0.2) is 0 Å². The molecule has 6 heteroatoms. The summed E-state index contributed by atoms with van der Waals surface area (Å²) in [5.41, 5.74) is 0.945. The molecule has 1 heterocycles. The highest BCUT2D eigenvalue weighted by Gasteiger charge is 2.30. The molecule has 1 aromatic carbocycles. The first-order valence-corrected chi connectivity index (χ1v) is 8.61. The molecular formula is C17H23ClFN3O. The largest absolute Gasteiger partial charge is 0.352 e. The van der Waals surface area contributed by atoms with E-state index in [0.717, 1.165) is 51.1 Å². The second-order valence-electron chi connectivity index (χ2n) is 6.51. The first kappa shape index (κ1) is 16.7. The molecule has 1 aromatic rings. The van der Waals surface area contributed by atoms with Crippen LogP contribution in [0, 0.1) is 5.82 Å². The zero-order valence-corrected chi connectivity index (χ0v) is 14.2. The Kier molecular flexibility index (Phi) is 5.19. The Bertz CT molecular complexity index is 571. The van der Waals surface area contributed by atoms with Crippen LogP contribution >= 0.6 is 11.6 Å². The Balaban J connectivity index is 1.48. The minimum atomic E-state index is -0.306. The van der Waals surface area contributed by atoms with Crippen LogP contribution in [0.5, 0.6) is 0 Å². The SMILES string of the molecule is C[C@H](C(=O)NC1CC1)N1CCN(Cc2ccc(F)cc2Cl)CC1. The van der Waals surface area contributed by atoms with Crippen LogP contribution < -0.4 is 5.32 Å². The third-order valence-electron chi connectivity index (χ3n) is 4.67. The van der Waals surface area contributed by atoms with Crippen LogP contribution in [0.3, 0.4) is 0 Å². The third-order valence-corrected chi connectivity index (χ3v) is 5.02. The number of benzene rings is 1. The summed E-state index contributed by atoms with van der Waals surface area (Å²) >= 11 is 6.09. The molecule has 0 aromatic heterocycles. The monoisotopic (exact) mass is 339 g/mol. The van der Waals surface area contributed by atoms with Crippen molar-refractivity contribution in [2.75, 3.05) is 26.2 Å². The van der Waals surface area contributed by atoms with Crippen molar-refractivity contribution in [3.63, 3.8) is 0 Å². The van der Waals surface area contributed by atoms with E-state index in [0.29, 0.717) is 11.1 Å². The van der Waals surface area contributed by atoms with E-state index in [-0.39, 0.29) is 17.8 Å². The number of piperazine rings is 1. The van der Waals surface area contributed by atoms with Crippen LogP contribution in [0.4, 0.5) is 4.39 Å². The molecule has 1 atom stereocenters. The second kappa shape index (κ2) is 7.16. The van der Waals surface area contributed by atoms with E-state index < -0.39 is 0 Å². The van der Waals surface area contributed by atoms with Crippen molar-refractivity contribution >= 4 is 17.5 Å². The van der Waals surface area contributed by atoms with Gasteiger partial charge in [0.25, 0.3) is 0 Å². The zero-order valence-electron chi connectivity index (χ0n) is 13.4. The van der Waals surface area contributed by atoms with E-state index in [2.05, 4.69) is 15.1 Å². The number of halogens is 2. The highest BCUT2D eigenvalue weighted by atomic mass is 35.5. The van der Waals surface area contributed by atoms with Gasteiger partial charge in [-0.25, -0.2) is 4.39 Å². The van der Waals surface area contributed by atoms with Crippen molar-refractivity contribution in [3.05, 3.63) is 34.6 Å². The summed E-state index contributed by atoms with van der Waals surface area (Å²) in [6, 6.07) is 4.88. The van der Waals surface area contributed by atoms with E-state index in [1.54, 1.807) is 6.07 Å². The number of rotatable bonds is 5. The van der Waals surface area contributed by atoms with Crippen LogP contribution in [0.25, 0.3) is 0 Å². The van der Waals surface area contributed by atoms with Crippen LogP contribution in [0.15, 0.2) is 18.2 Å². The standard InChI is InChI=1S/C17H23ClFN3O/c1-12(17(23)20-15-4-5-15)22-8-6-21(7-9-22)11-13-2-3-14(19)10-16(13)18/h2-3,10,12,15H,4-9,11H2,1H3,(H,20,23)/t12-/m1/s1. The second-order valence-corrected chi connectivity index (χ2v) is 6.91. The van der Waals surface area contributed by atoms with Gasteiger partial charge in [-0.2, -0.15) is 0 Å². The van der Waals surface area contributed by atoms with Crippen molar-refractivity contribution < 1.29 is 9.18 Å². The van der Waals surface area contributed by atoms with Gasteiger partial charge in [0.05, 0.1) is 6.04 Å². The summed E-state index contributed by atoms with van der Waals surface area (Å²) in [5.74, 6) is -0.165. The zero-order chi connectivity index (χ0) is 16.4. The van der Waals surface area contributed by atoms with Crippen molar-refractivity contribution in [2.24, 2.45) is 0 Å². The maximum atomic E-state index is 13.1. The first-order chi connectivity index (χ1) is 11.0. The molecule has 0 unspecified atom stereocenters. The summed E-state index contributed by atoms with van der Waals surface area (Å²) in [5, 5.41) is 3.54. The number of nitrogens with one attached hydrogen (secondary N) is 1. The lowest BCUT2D eigenvalue weighted by Crippen LogP contribution is -2.53. The Hall–Kier alpha value is -1.17. The molecule has 1 aliphatic heterocycles. The Morgan fingerprint density at radius 1 is 1.35 bits per heavy atom. The van der Waals surface area contributed by atoms with E-state index in [1.165, 1.54) is 12.1 Å². The number of carbonyl (C=O) groups is 1. The summed E-state index contributed by atoms with van der Waals surface area (Å²) in [7, 11) is 0. The summed E-state index contributed by atoms with van der Waals surface area (Å²) in [6.45, 7) is 6.18. The summed E-state index contributed by atoms with van der Waals surface area (Å²) in [4.78, 5) is 16.6. The average Bonchev–Trinajstić information content (AvgIpc) is 3.34. The lowest BCUT2D eigenvalue weighted by atomic mass is 10.1. The molecule has 0 spiro atoms. The molecule has 2 aliphatic rings. The molecule has 1 amide bonds. The number of hydrogen-bond acceptors (Lipinski definition) is 3. The normalized spacial score (nSPS) is 21.2. The minimum Gasteiger partial charge on any atom is -0.352 e. The van der Waals surface area contributed by atoms with Gasteiger partial charge in [-0.1, -0.05) is 17.7 Å². The van der Waals surface area contributed by atoms with Crippen LogP contribution in [0.1, 0.15) is 25.3 Å². The van der Waals surface area contributed by atoms with Gasteiger partial charge in [0.1, 0.15) is 5.82 Å². The van der Waals surface area contributed by atoms with Gasteiger partial charge >= 0.3 is 0 Å². The van der Waals surface area contributed by atoms with Crippen molar-refractivity contribution in [1.82, 2.24) is 15.1 Å². The smallest absolute Gasteiger partial charge is 0.237 e. The van der Waals surface area contributed by atoms with Crippen LogP contribution in [-0.2, 0) is 11.3 Å². The molecule has 3 rings (SSSR count). The fraction of sp³-hybridized carbons (Fsp3) is 0.588. The predicted octanol–water partition coefficient (Wildman–Crippen LogP) is 2.26. The third kappa shape index (κ3) is 4.43. The van der Waals surface area contributed by atoms with Crippen molar-refractivity contribution in [2.45, 2.75) is 38.4 Å². The Morgan fingerprint density at radius 2 is 2.04 bits per heavy atom. The van der Waals surface area contributed by atoms with Crippen LogP contribution in [-0.4, -0.2) is 54.0 Å². The maximum Gasteiger partial charge on any atom is 0.237 e. The number of carbonyl (C=O) groups excluding carboxylic acids is 1. The molecule has 4 nitrogen and oxygen atoms in total. The van der Waals surface area contributed by atoms with Gasteiger partial charge in [0, 0.05) is 43.8 Å². The van der Waals surface area contributed by atoms with Gasteiger partial charge in [0.2, 0.25) is 5.91 Å². The summed E-state index contributed by atoms with van der Waals surface area (Å²) < 4.78 is 13.1. The number of nitrogens with zero attached hydrogens (tertiary/aromatic N) is 2. The highest BCUT2D eigenvalue weighted by Crippen LogP contribution is 2.21. The molecule has 1 N–H and O–H groups in total. The Labute approximate surface area is 141 Å². The fourth-order valence-corrected chi connectivity index (χ4v) is 3.14. The molecule has 1 saturated carbocycles. The molecule has 126 valence electrons. The van der Waals surface area contributed by atoms with Crippen molar-refractivity contribution in [3.8, 4) is 0 Å². The topological polar surface area (TPSA) is 35.6 Å². The molecular weight excluding hydrogens is 317 g/mol.